The Morgan fingerprint density at radius 3 is 2.32 bits per heavy atom. The molecule has 0 saturated heterocycles. The van der Waals surface area contributed by atoms with Crippen LogP contribution in [0.5, 0.6) is 0 Å². The first-order chi connectivity index (χ1) is 12.0. The summed E-state index contributed by atoms with van der Waals surface area (Å²) < 4.78 is 32.6. The van der Waals surface area contributed by atoms with E-state index in [4.69, 9.17) is 4.52 Å². The number of rotatable bonds is 3. The molecule has 0 bridgehead atoms. The standard InChI is InChI=1S/C19H16N2O3S/c1-14-19(15(2)24-20-14)25(22,23)21-18-10-6-9-17(13-18)12-11-16-7-4-3-5-8-16/h3-10,13,21H,1-2H3. The van der Waals surface area contributed by atoms with E-state index in [1.807, 2.05) is 36.4 Å². The lowest BCUT2D eigenvalue weighted by Gasteiger charge is -2.07. The maximum absolute atomic E-state index is 12.5. The van der Waals surface area contributed by atoms with E-state index in [1.54, 1.807) is 32.0 Å². The van der Waals surface area contributed by atoms with Gasteiger partial charge in [-0.05, 0) is 44.2 Å². The molecule has 1 N–H and O–H groups in total. The molecule has 3 rings (SSSR count). The number of nitrogens with zero attached hydrogens (tertiary/aromatic N) is 1. The largest absolute Gasteiger partial charge is 0.360 e. The van der Waals surface area contributed by atoms with Crippen LogP contribution in [0.1, 0.15) is 22.6 Å². The molecule has 0 aliphatic heterocycles. The van der Waals surface area contributed by atoms with Crippen LogP contribution in [0, 0.1) is 25.7 Å². The van der Waals surface area contributed by atoms with Crippen LogP contribution in [-0.2, 0) is 10.0 Å². The summed E-state index contributed by atoms with van der Waals surface area (Å²) in [6, 6.07) is 16.5. The second kappa shape index (κ2) is 6.83. The van der Waals surface area contributed by atoms with Gasteiger partial charge in [-0.15, -0.1) is 0 Å². The lowest BCUT2D eigenvalue weighted by Crippen LogP contribution is -2.14. The Morgan fingerprint density at radius 1 is 0.960 bits per heavy atom. The smallest absolute Gasteiger partial charge is 0.267 e. The molecule has 0 atom stereocenters. The minimum absolute atomic E-state index is 0.0632. The fourth-order valence-electron chi connectivity index (χ4n) is 2.39. The van der Waals surface area contributed by atoms with Crippen LogP contribution in [-0.4, -0.2) is 13.6 Å². The Kier molecular flexibility index (Phi) is 4.59. The quantitative estimate of drug-likeness (QED) is 0.733. The predicted octanol–water partition coefficient (Wildman–Crippen LogP) is 3.49. The predicted molar refractivity (Wildman–Crippen MR) is 95.6 cm³/mol. The van der Waals surface area contributed by atoms with Crippen molar-refractivity contribution in [3.63, 3.8) is 0 Å². The van der Waals surface area contributed by atoms with Gasteiger partial charge in [0.2, 0.25) is 0 Å². The fraction of sp³-hybridized carbons (Fsp3) is 0.105. The van der Waals surface area contributed by atoms with Gasteiger partial charge < -0.3 is 4.52 Å². The molecule has 3 aromatic rings. The molecule has 0 saturated carbocycles. The van der Waals surface area contributed by atoms with Gasteiger partial charge in [0.15, 0.2) is 10.7 Å². The molecular weight excluding hydrogens is 336 g/mol. The zero-order chi connectivity index (χ0) is 17.9. The van der Waals surface area contributed by atoms with Crippen molar-refractivity contribution in [3.05, 3.63) is 77.2 Å². The molecule has 0 radical (unpaired) electrons. The lowest BCUT2D eigenvalue weighted by molar-refractivity contribution is 0.390. The molecule has 0 unspecified atom stereocenters. The average molecular weight is 352 g/mol. The molecule has 2 aromatic carbocycles. The number of nitrogens with one attached hydrogen (secondary N) is 1. The van der Waals surface area contributed by atoms with Gasteiger partial charge in [0, 0.05) is 11.1 Å². The van der Waals surface area contributed by atoms with E-state index in [0.717, 1.165) is 5.56 Å². The molecular formula is C19H16N2O3S. The number of aryl methyl sites for hydroxylation is 2. The Labute approximate surface area is 146 Å². The van der Waals surface area contributed by atoms with Crippen molar-refractivity contribution in [1.29, 1.82) is 0 Å². The third kappa shape index (κ3) is 3.90. The van der Waals surface area contributed by atoms with Crippen molar-refractivity contribution < 1.29 is 12.9 Å². The maximum atomic E-state index is 12.5. The van der Waals surface area contributed by atoms with Crippen molar-refractivity contribution in [2.24, 2.45) is 0 Å². The average Bonchev–Trinajstić information content (AvgIpc) is 2.93. The van der Waals surface area contributed by atoms with Crippen molar-refractivity contribution >= 4 is 15.7 Å². The van der Waals surface area contributed by atoms with Crippen molar-refractivity contribution in [3.8, 4) is 11.8 Å². The topological polar surface area (TPSA) is 72.2 Å². The summed E-state index contributed by atoms with van der Waals surface area (Å²) in [5.41, 5.74) is 2.36. The monoisotopic (exact) mass is 352 g/mol. The van der Waals surface area contributed by atoms with E-state index in [2.05, 4.69) is 21.7 Å². The summed E-state index contributed by atoms with van der Waals surface area (Å²) in [7, 11) is -3.77. The first-order valence-electron chi connectivity index (χ1n) is 7.58. The molecule has 0 amide bonds. The summed E-state index contributed by atoms with van der Waals surface area (Å²) in [4.78, 5) is 0.0632. The highest BCUT2D eigenvalue weighted by Crippen LogP contribution is 2.22. The summed E-state index contributed by atoms with van der Waals surface area (Å²) in [6.07, 6.45) is 0. The Balaban J connectivity index is 1.87. The van der Waals surface area contributed by atoms with Gasteiger partial charge in [0.05, 0.1) is 5.69 Å². The third-order valence-corrected chi connectivity index (χ3v) is 5.10. The number of benzene rings is 2. The van der Waals surface area contributed by atoms with Crippen molar-refractivity contribution in [2.45, 2.75) is 18.7 Å². The molecule has 5 nitrogen and oxygen atoms in total. The van der Waals surface area contributed by atoms with Crippen LogP contribution in [0.4, 0.5) is 5.69 Å². The fourth-order valence-corrected chi connectivity index (χ4v) is 3.77. The number of hydrogen-bond donors (Lipinski definition) is 1. The van der Waals surface area contributed by atoms with E-state index in [1.165, 1.54) is 0 Å². The summed E-state index contributed by atoms with van der Waals surface area (Å²) >= 11 is 0. The van der Waals surface area contributed by atoms with E-state index in [0.29, 0.717) is 16.9 Å². The Bertz CT molecular complexity index is 1040. The minimum Gasteiger partial charge on any atom is -0.360 e. The molecule has 126 valence electrons. The summed E-state index contributed by atoms with van der Waals surface area (Å²) in [6.45, 7) is 3.16. The highest BCUT2D eigenvalue weighted by molar-refractivity contribution is 7.92. The van der Waals surface area contributed by atoms with E-state index < -0.39 is 10.0 Å². The van der Waals surface area contributed by atoms with Gasteiger partial charge in [0.1, 0.15) is 5.69 Å². The maximum Gasteiger partial charge on any atom is 0.267 e. The molecule has 6 heteroatoms. The van der Waals surface area contributed by atoms with Crippen LogP contribution in [0.2, 0.25) is 0 Å². The zero-order valence-corrected chi connectivity index (χ0v) is 14.6. The second-order valence-corrected chi connectivity index (χ2v) is 7.07. The van der Waals surface area contributed by atoms with Crippen LogP contribution < -0.4 is 4.72 Å². The van der Waals surface area contributed by atoms with Gasteiger partial charge in [-0.25, -0.2) is 8.42 Å². The molecule has 0 fully saturated rings. The number of anilines is 1. The first-order valence-corrected chi connectivity index (χ1v) is 9.07. The van der Waals surface area contributed by atoms with Crippen LogP contribution >= 0.6 is 0 Å². The zero-order valence-electron chi connectivity index (χ0n) is 13.8. The summed E-state index contributed by atoms with van der Waals surface area (Å²) in [5, 5.41) is 3.69. The van der Waals surface area contributed by atoms with E-state index in [9.17, 15) is 8.42 Å². The summed E-state index contributed by atoms with van der Waals surface area (Å²) in [5.74, 6) is 6.33. The van der Waals surface area contributed by atoms with Gasteiger partial charge in [-0.1, -0.05) is 41.3 Å². The van der Waals surface area contributed by atoms with Gasteiger partial charge in [-0.3, -0.25) is 4.72 Å². The van der Waals surface area contributed by atoms with E-state index in [-0.39, 0.29) is 10.7 Å². The molecule has 25 heavy (non-hydrogen) atoms. The molecule has 0 aliphatic rings. The van der Waals surface area contributed by atoms with Crippen LogP contribution in [0.3, 0.4) is 0 Å². The molecule has 1 aromatic heterocycles. The molecule has 1 heterocycles. The van der Waals surface area contributed by atoms with E-state index >= 15 is 0 Å². The Hall–Kier alpha value is -3.04. The van der Waals surface area contributed by atoms with Crippen molar-refractivity contribution in [2.75, 3.05) is 4.72 Å². The van der Waals surface area contributed by atoms with Gasteiger partial charge in [0.25, 0.3) is 10.0 Å². The number of sulfonamides is 1. The van der Waals surface area contributed by atoms with Gasteiger partial charge >= 0.3 is 0 Å². The highest BCUT2D eigenvalue weighted by atomic mass is 32.2. The molecule has 0 aliphatic carbocycles. The molecule has 0 spiro atoms. The lowest BCUT2D eigenvalue weighted by atomic mass is 10.2. The van der Waals surface area contributed by atoms with Crippen LogP contribution in [0.25, 0.3) is 0 Å². The van der Waals surface area contributed by atoms with Gasteiger partial charge in [-0.2, -0.15) is 0 Å². The second-order valence-electron chi connectivity index (χ2n) is 5.46. The Morgan fingerprint density at radius 2 is 1.64 bits per heavy atom. The normalized spacial score (nSPS) is 10.8. The minimum atomic E-state index is -3.77. The number of aromatic nitrogens is 1. The SMILES string of the molecule is Cc1noc(C)c1S(=O)(=O)Nc1cccc(C#Cc2ccccc2)c1. The third-order valence-electron chi connectivity index (χ3n) is 3.48. The highest BCUT2D eigenvalue weighted by Gasteiger charge is 2.24. The number of hydrogen-bond acceptors (Lipinski definition) is 4. The first kappa shape index (κ1) is 16.8. The van der Waals surface area contributed by atoms with Crippen LogP contribution in [0.15, 0.2) is 64.0 Å². The van der Waals surface area contributed by atoms with Crippen molar-refractivity contribution in [1.82, 2.24) is 5.16 Å².